The van der Waals surface area contributed by atoms with E-state index < -0.39 is 0 Å². The number of amides is 1. The Balaban J connectivity index is 1.56. The number of likely N-dealkylation sites (N-methyl/N-ethyl adjacent to an activating group) is 1. The topological polar surface area (TPSA) is 42.7 Å². The van der Waals surface area contributed by atoms with E-state index in [1.54, 1.807) is 11.2 Å². The summed E-state index contributed by atoms with van der Waals surface area (Å²) in [6.07, 6.45) is 6.71. The molecule has 3 rings (SSSR count). The summed E-state index contributed by atoms with van der Waals surface area (Å²) in [7, 11) is 1.86. The zero-order valence-electron chi connectivity index (χ0n) is 14.3. The molecule has 24 heavy (non-hydrogen) atoms. The number of hydrogen-bond acceptors (Lipinski definition) is 3. The van der Waals surface area contributed by atoms with Gasteiger partial charge in [-0.05, 0) is 50.3 Å². The summed E-state index contributed by atoms with van der Waals surface area (Å²) in [5, 5.41) is 1.62. The third kappa shape index (κ3) is 3.93. The second kappa shape index (κ2) is 7.58. The number of benzene rings is 1. The molecule has 0 aliphatic carbocycles. The van der Waals surface area contributed by atoms with Gasteiger partial charge >= 0.3 is 0 Å². The molecule has 0 unspecified atom stereocenters. The van der Waals surface area contributed by atoms with Gasteiger partial charge in [-0.3, -0.25) is 4.79 Å². The van der Waals surface area contributed by atoms with Crippen LogP contribution in [0.15, 0.2) is 22.8 Å². The smallest absolute Gasteiger partial charge is 0.226 e. The highest BCUT2D eigenvalue weighted by molar-refractivity contribution is 6.32. The average molecular weight is 350 g/mol. The number of hydrogen-bond donors (Lipinski definition) is 0. The Bertz CT molecular complexity index is 719. The quantitative estimate of drug-likeness (QED) is 0.778. The maximum absolute atomic E-state index is 12.5. The fourth-order valence-electron chi connectivity index (χ4n) is 3.19. The van der Waals surface area contributed by atoms with Crippen LogP contribution >= 0.6 is 11.6 Å². The molecule has 5 heteroatoms. The lowest BCUT2D eigenvalue weighted by Crippen LogP contribution is -2.29. The summed E-state index contributed by atoms with van der Waals surface area (Å²) in [6.45, 7) is 3.58. The van der Waals surface area contributed by atoms with Crippen LogP contribution < -0.4 is 0 Å². The maximum Gasteiger partial charge on any atom is 0.226 e. The maximum atomic E-state index is 12.5. The molecule has 0 spiro atoms. The van der Waals surface area contributed by atoms with Crippen LogP contribution in [0.3, 0.4) is 0 Å². The number of furan rings is 1. The van der Waals surface area contributed by atoms with Crippen molar-refractivity contribution in [2.24, 2.45) is 0 Å². The molecule has 0 saturated carbocycles. The number of fused-ring (bicyclic) bond motifs is 1. The number of halogens is 1. The fraction of sp³-hybridized carbons (Fsp3) is 0.526. The van der Waals surface area contributed by atoms with Crippen LogP contribution in [-0.4, -0.2) is 37.1 Å². The number of aryl methyl sites for hydroxylation is 1. The van der Waals surface area contributed by atoms with Crippen molar-refractivity contribution in [3.63, 3.8) is 0 Å². The number of carbonyl (C=O) groups is 1. The lowest BCUT2D eigenvalue weighted by atomic mass is 10.1. The van der Waals surface area contributed by atoms with Crippen molar-refractivity contribution in [2.45, 2.75) is 45.1 Å². The summed E-state index contributed by atoms with van der Waals surface area (Å²) in [5.74, 6) is 0.0988. The van der Waals surface area contributed by atoms with Crippen molar-refractivity contribution in [3.05, 3.63) is 34.5 Å². The first-order valence-electron chi connectivity index (χ1n) is 8.56. The molecule has 1 aliphatic heterocycles. The van der Waals surface area contributed by atoms with Gasteiger partial charge in [-0.15, -0.1) is 0 Å². The van der Waals surface area contributed by atoms with Crippen molar-refractivity contribution in [1.82, 2.24) is 4.90 Å². The van der Waals surface area contributed by atoms with E-state index in [1.807, 2.05) is 26.1 Å². The van der Waals surface area contributed by atoms with E-state index in [0.29, 0.717) is 17.5 Å². The lowest BCUT2D eigenvalue weighted by Gasteiger charge is -2.18. The van der Waals surface area contributed by atoms with E-state index in [2.05, 4.69) is 0 Å². The minimum absolute atomic E-state index is 0.0988. The van der Waals surface area contributed by atoms with Gasteiger partial charge in [0.05, 0.1) is 18.8 Å². The molecule has 1 aliphatic rings. The zero-order valence-corrected chi connectivity index (χ0v) is 15.1. The van der Waals surface area contributed by atoms with E-state index in [4.69, 9.17) is 20.8 Å². The number of carbonyl (C=O) groups excluding carboxylic acids is 1. The Kier molecular flexibility index (Phi) is 5.47. The van der Waals surface area contributed by atoms with Crippen LogP contribution in [0, 0.1) is 6.92 Å². The Hall–Kier alpha value is -1.52. The highest BCUT2D eigenvalue weighted by atomic mass is 35.5. The van der Waals surface area contributed by atoms with Crippen molar-refractivity contribution < 1.29 is 13.9 Å². The molecule has 2 aromatic rings. The van der Waals surface area contributed by atoms with E-state index in [9.17, 15) is 4.79 Å². The second-order valence-electron chi connectivity index (χ2n) is 6.63. The molecule has 1 atom stereocenters. The molecule has 0 N–H and O–H groups in total. The lowest BCUT2D eigenvalue weighted by molar-refractivity contribution is -0.129. The van der Waals surface area contributed by atoms with Gasteiger partial charge < -0.3 is 14.1 Å². The molecule has 1 aromatic heterocycles. The Morgan fingerprint density at radius 2 is 2.25 bits per heavy atom. The van der Waals surface area contributed by atoms with Gasteiger partial charge in [0.2, 0.25) is 5.91 Å². The molecule has 0 radical (unpaired) electrons. The van der Waals surface area contributed by atoms with Crippen molar-refractivity contribution >= 4 is 28.5 Å². The Labute approximate surface area is 147 Å². The average Bonchev–Trinajstić information content (AvgIpc) is 3.19. The van der Waals surface area contributed by atoms with Gasteiger partial charge in [-0.25, -0.2) is 0 Å². The van der Waals surface area contributed by atoms with Gasteiger partial charge in [0.15, 0.2) is 0 Å². The summed E-state index contributed by atoms with van der Waals surface area (Å²) >= 11 is 6.20. The number of nitrogens with zero attached hydrogens (tertiary/aromatic N) is 1. The number of rotatable bonds is 6. The van der Waals surface area contributed by atoms with Crippen LogP contribution in [0.25, 0.3) is 11.0 Å². The van der Waals surface area contributed by atoms with Crippen LogP contribution in [0.2, 0.25) is 5.02 Å². The van der Waals surface area contributed by atoms with Crippen LogP contribution in [-0.2, 0) is 16.0 Å². The highest BCUT2D eigenvalue weighted by Gasteiger charge is 2.17. The standard InChI is InChI=1S/C19H24ClNO3/c1-13-9-18-16(11-17(13)20)14(12-24-18)10-19(22)21(2)7-3-5-15-6-4-8-23-15/h9,11-12,15H,3-8,10H2,1-2H3/t15-/m1/s1. The van der Waals surface area contributed by atoms with Crippen molar-refractivity contribution in [2.75, 3.05) is 20.2 Å². The fourth-order valence-corrected chi connectivity index (χ4v) is 3.35. The van der Waals surface area contributed by atoms with Crippen LogP contribution in [0.1, 0.15) is 36.8 Å². The minimum Gasteiger partial charge on any atom is -0.464 e. The third-order valence-corrected chi connectivity index (χ3v) is 5.15. The predicted octanol–water partition coefficient (Wildman–Crippen LogP) is 4.35. The summed E-state index contributed by atoms with van der Waals surface area (Å²) in [5.41, 5.74) is 2.64. The Morgan fingerprint density at radius 1 is 1.42 bits per heavy atom. The molecular weight excluding hydrogens is 326 g/mol. The van der Waals surface area contributed by atoms with Crippen LogP contribution in [0.4, 0.5) is 0 Å². The molecule has 4 nitrogen and oxygen atoms in total. The second-order valence-corrected chi connectivity index (χ2v) is 7.04. The highest BCUT2D eigenvalue weighted by Crippen LogP contribution is 2.28. The largest absolute Gasteiger partial charge is 0.464 e. The van der Waals surface area contributed by atoms with Crippen molar-refractivity contribution in [1.29, 1.82) is 0 Å². The van der Waals surface area contributed by atoms with Gasteiger partial charge in [-0.1, -0.05) is 11.6 Å². The van der Waals surface area contributed by atoms with Gasteiger partial charge in [0.25, 0.3) is 0 Å². The SMILES string of the molecule is Cc1cc2occ(CC(=O)N(C)CCC[C@@H]3CCCO3)c2cc1Cl. The minimum atomic E-state index is 0.0988. The molecule has 1 fully saturated rings. The normalized spacial score (nSPS) is 17.5. The molecule has 0 bridgehead atoms. The van der Waals surface area contributed by atoms with Gasteiger partial charge in [0, 0.05) is 36.2 Å². The Morgan fingerprint density at radius 3 is 3.00 bits per heavy atom. The molecular formula is C19H24ClNO3. The van der Waals surface area contributed by atoms with E-state index in [0.717, 1.165) is 60.9 Å². The first-order chi connectivity index (χ1) is 11.5. The summed E-state index contributed by atoms with van der Waals surface area (Å²) in [4.78, 5) is 14.2. The van der Waals surface area contributed by atoms with Crippen LogP contribution in [0.5, 0.6) is 0 Å². The molecule has 1 amide bonds. The van der Waals surface area contributed by atoms with Gasteiger partial charge in [0.1, 0.15) is 5.58 Å². The molecule has 1 saturated heterocycles. The van der Waals surface area contributed by atoms with Gasteiger partial charge in [-0.2, -0.15) is 0 Å². The van der Waals surface area contributed by atoms with E-state index >= 15 is 0 Å². The molecule has 130 valence electrons. The molecule has 2 heterocycles. The predicted molar refractivity (Wildman–Crippen MR) is 95.5 cm³/mol. The van der Waals surface area contributed by atoms with E-state index in [1.165, 1.54) is 0 Å². The first-order valence-corrected chi connectivity index (χ1v) is 8.94. The first kappa shape index (κ1) is 17.3. The van der Waals surface area contributed by atoms with Crippen molar-refractivity contribution in [3.8, 4) is 0 Å². The third-order valence-electron chi connectivity index (χ3n) is 4.75. The number of ether oxygens (including phenoxy) is 1. The van der Waals surface area contributed by atoms with E-state index in [-0.39, 0.29) is 5.91 Å². The monoisotopic (exact) mass is 349 g/mol. The molecule has 1 aromatic carbocycles. The zero-order chi connectivity index (χ0) is 17.1. The summed E-state index contributed by atoms with van der Waals surface area (Å²) in [6, 6.07) is 3.80. The summed E-state index contributed by atoms with van der Waals surface area (Å²) < 4.78 is 11.2.